The van der Waals surface area contributed by atoms with E-state index >= 15 is 0 Å². The van der Waals surface area contributed by atoms with Gasteiger partial charge in [-0.2, -0.15) is 23.4 Å². The highest BCUT2D eigenvalue weighted by Gasteiger charge is 2.35. The van der Waals surface area contributed by atoms with Crippen molar-refractivity contribution < 1.29 is 18.0 Å². The van der Waals surface area contributed by atoms with E-state index in [1.807, 2.05) is 42.5 Å². The van der Waals surface area contributed by atoms with Gasteiger partial charge in [0.15, 0.2) is 22.9 Å². The molecule has 0 aliphatic carbocycles. The van der Waals surface area contributed by atoms with E-state index in [2.05, 4.69) is 20.5 Å². The first-order valence-electron chi connectivity index (χ1n) is 11.2. The summed E-state index contributed by atoms with van der Waals surface area (Å²) in [5.74, 6) is -0.433. The molecular weight excluding hydrogens is 501 g/mol. The zero-order valence-electron chi connectivity index (χ0n) is 19.0. The molecule has 0 bridgehead atoms. The van der Waals surface area contributed by atoms with E-state index in [9.17, 15) is 18.0 Å². The molecule has 0 radical (unpaired) electrons. The number of fused-ring (bicyclic) bond motifs is 2. The number of nitrogens with zero attached hydrogens (tertiary/aromatic N) is 5. The molecule has 4 heterocycles. The lowest BCUT2D eigenvalue weighted by molar-refractivity contribution is -0.142. The zero-order chi connectivity index (χ0) is 25.6. The smallest absolute Gasteiger partial charge is 0.304 e. The molecule has 0 saturated heterocycles. The minimum absolute atomic E-state index is 0.0788. The lowest BCUT2D eigenvalue weighted by atomic mass is 10.0. The molecule has 1 amide bonds. The Balaban J connectivity index is 1.26. The monoisotopic (exact) mass is 518 g/mol. The second kappa shape index (κ2) is 8.86. The van der Waals surface area contributed by atoms with Gasteiger partial charge >= 0.3 is 6.18 Å². The van der Waals surface area contributed by atoms with Crippen LogP contribution in [0.2, 0.25) is 0 Å². The largest absolute Gasteiger partial charge is 0.433 e. The number of alkyl halides is 3. The number of carbonyl (C=O) groups is 1. The van der Waals surface area contributed by atoms with Gasteiger partial charge in [-0.05, 0) is 33.8 Å². The van der Waals surface area contributed by atoms with Gasteiger partial charge in [0, 0.05) is 18.3 Å². The Kier molecular flexibility index (Phi) is 5.49. The average Bonchev–Trinajstić information content (AvgIpc) is 3.64. The fourth-order valence-corrected chi connectivity index (χ4v) is 4.83. The Morgan fingerprint density at radius 3 is 2.62 bits per heavy atom. The number of anilines is 1. The maximum absolute atomic E-state index is 13.8. The highest BCUT2D eigenvalue weighted by atomic mass is 32.1. The third-order valence-electron chi connectivity index (χ3n) is 5.82. The van der Waals surface area contributed by atoms with Crippen molar-refractivity contribution in [1.82, 2.24) is 24.4 Å². The lowest BCUT2D eigenvalue weighted by Gasteiger charge is -2.10. The summed E-state index contributed by atoms with van der Waals surface area (Å²) >= 11 is 1.27. The van der Waals surface area contributed by atoms with E-state index < -0.39 is 17.8 Å². The Hall–Kier alpha value is -4.51. The third-order valence-corrected chi connectivity index (χ3v) is 6.71. The Bertz CT molecular complexity index is 1750. The van der Waals surface area contributed by atoms with Gasteiger partial charge < -0.3 is 5.32 Å². The minimum Gasteiger partial charge on any atom is -0.304 e. The van der Waals surface area contributed by atoms with Crippen molar-refractivity contribution in [1.29, 1.82) is 0 Å². The molecule has 4 aromatic heterocycles. The summed E-state index contributed by atoms with van der Waals surface area (Å²) in [6.07, 6.45) is -2.97. The van der Waals surface area contributed by atoms with Gasteiger partial charge in [-0.25, -0.2) is 9.50 Å². The fraction of sp³-hybridized carbons (Fsp3) is 0.0769. The number of hydrogen-bond acceptors (Lipinski definition) is 5. The van der Waals surface area contributed by atoms with Crippen LogP contribution in [0.1, 0.15) is 21.7 Å². The molecule has 0 aliphatic heterocycles. The second-order valence-electron chi connectivity index (χ2n) is 8.29. The summed E-state index contributed by atoms with van der Waals surface area (Å²) < 4.78 is 43.7. The highest BCUT2D eigenvalue weighted by Crippen LogP contribution is 2.33. The van der Waals surface area contributed by atoms with Crippen LogP contribution in [0.3, 0.4) is 0 Å². The molecule has 0 atom stereocenters. The zero-order valence-corrected chi connectivity index (χ0v) is 19.8. The van der Waals surface area contributed by atoms with Gasteiger partial charge in [0.2, 0.25) is 0 Å². The summed E-state index contributed by atoms with van der Waals surface area (Å²) in [6, 6.07) is 21.2. The first kappa shape index (κ1) is 22.9. The van der Waals surface area contributed by atoms with Crippen LogP contribution in [0, 0.1) is 0 Å². The average molecular weight is 519 g/mol. The van der Waals surface area contributed by atoms with Crippen molar-refractivity contribution in [3.63, 3.8) is 0 Å². The van der Waals surface area contributed by atoms with Gasteiger partial charge in [0.05, 0.1) is 17.1 Å². The first-order chi connectivity index (χ1) is 17.8. The van der Waals surface area contributed by atoms with Crippen LogP contribution in [0.4, 0.5) is 19.0 Å². The number of halogens is 3. The molecule has 184 valence electrons. The molecule has 0 unspecified atom stereocenters. The van der Waals surface area contributed by atoms with Crippen molar-refractivity contribution in [3.8, 4) is 10.6 Å². The lowest BCUT2D eigenvalue weighted by Crippen LogP contribution is -2.16. The quantitative estimate of drug-likeness (QED) is 0.298. The Morgan fingerprint density at radius 1 is 0.973 bits per heavy atom. The first-order valence-corrected chi connectivity index (χ1v) is 12.1. The third kappa shape index (κ3) is 4.45. The van der Waals surface area contributed by atoms with Crippen LogP contribution >= 0.6 is 11.3 Å². The van der Waals surface area contributed by atoms with Crippen molar-refractivity contribution in [2.24, 2.45) is 0 Å². The van der Waals surface area contributed by atoms with Crippen LogP contribution in [0.5, 0.6) is 0 Å². The molecule has 0 aliphatic rings. The van der Waals surface area contributed by atoms with Crippen LogP contribution in [-0.4, -0.2) is 30.3 Å². The number of aromatic nitrogens is 5. The van der Waals surface area contributed by atoms with Crippen molar-refractivity contribution >= 4 is 39.5 Å². The van der Waals surface area contributed by atoms with Gasteiger partial charge in [-0.15, -0.1) is 11.3 Å². The molecule has 6 rings (SSSR count). The standard InChI is InChI=1S/C26H17F3N6OS/c27-26(28,29)22-13-19(21-9-4-12-37-21)30-24-14-20(32-35(22)24)25(36)31-23-10-11-34(33-23)15-17-7-3-6-16-5-1-2-8-18(16)17/h1-14H,15H2,(H,31,33,36). The normalized spacial score (nSPS) is 11.9. The van der Waals surface area contributed by atoms with Crippen LogP contribution in [-0.2, 0) is 12.7 Å². The molecule has 0 fully saturated rings. The van der Waals surface area contributed by atoms with Crippen molar-refractivity contribution in [2.45, 2.75) is 12.7 Å². The molecule has 1 N–H and O–H groups in total. The molecular formula is C26H17F3N6OS. The molecule has 0 spiro atoms. The SMILES string of the molecule is O=C(Nc1ccn(Cc2cccc3ccccc23)n1)c1cc2nc(-c3cccs3)cc(C(F)(F)F)n2n1. The van der Waals surface area contributed by atoms with E-state index in [4.69, 9.17) is 0 Å². The summed E-state index contributed by atoms with van der Waals surface area (Å²) in [4.78, 5) is 17.7. The van der Waals surface area contributed by atoms with Crippen molar-refractivity contribution in [3.05, 3.63) is 101 Å². The number of amides is 1. The van der Waals surface area contributed by atoms with Gasteiger partial charge in [-0.1, -0.05) is 48.5 Å². The number of hydrogen-bond donors (Lipinski definition) is 1. The number of thiophene rings is 1. The molecule has 0 saturated carbocycles. The number of carbonyl (C=O) groups excluding carboxylic acids is 1. The topological polar surface area (TPSA) is 77.1 Å². The number of rotatable bonds is 5. The summed E-state index contributed by atoms with van der Waals surface area (Å²) in [6.45, 7) is 0.482. The van der Waals surface area contributed by atoms with Crippen molar-refractivity contribution in [2.75, 3.05) is 5.32 Å². The predicted molar refractivity (Wildman–Crippen MR) is 135 cm³/mol. The minimum atomic E-state index is -4.69. The van der Waals surface area contributed by atoms with Gasteiger partial charge in [-0.3, -0.25) is 9.48 Å². The van der Waals surface area contributed by atoms with E-state index in [0.717, 1.165) is 22.4 Å². The van der Waals surface area contributed by atoms with Gasteiger partial charge in [0.25, 0.3) is 5.91 Å². The van der Waals surface area contributed by atoms with E-state index in [1.54, 1.807) is 34.5 Å². The van der Waals surface area contributed by atoms with E-state index in [0.29, 0.717) is 15.9 Å². The Labute approximate surface area is 211 Å². The van der Waals surface area contributed by atoms with E-state index in [-0.39, 0.29) is 22.9 Å². The number of nitrogens with one attached hydrogen (secondary N) is 1. The van der Waals surface area contributed by atoms with Gasteiger partial charge in [0.1, 0.15) is 0 Å². The summed E-state index contributed by atoms with van der Waals surface area (Å²) in [7, 11) is 0. The predicted octanol–water partition coefficient (Wildman–Crippen LogP) is 6.13. The highest BCUT2D eigenvalue weighted by molar-refractivity contribution is 7.13. The molecule has 37 heavy (non-hydrogen) atoms. The molecule has 7 nitrogen and oxygen atoms in total. The van der Waals surface area contributed by atoms with Crippen LogP contribution in [0.15, 0.2) is 84.4 Å². The molecule has 2 aromatic carbocycles. The molecule has 6 aromatic rings. The number of benzene rings is 2. The fourth-order valence-electron chi connectivity index (χ4n) is 4.14. The van der Waals surface area contributed by atoms with Crippen LogP contribution in [0.25, 0.3) is 27.0 Å². The maximum Gasteiger partial charge on any atom is 0.433 e. The molecule has 11 heteroatoms. The van der Waals surface area contributed by atoms with Crippen LogP contribution < -0.4 is 5.32 Å². The maximum atomic E-state index is 13.8. The second-order valence-corrected chi connectivity index (χ2v) is 9.24. The Morgan fingerprint density at radius 2 is 1.81 bits per heavy atom. The summed E-state index contributed by atoms with van der Waals surface area (Å²) in [5, 5.41) is 14.9. The van der Waals surface area contributed by atoms with E-state index in [1.165, 1.54) is 17.4 Å². The summed E-state index contributed by atoms with van der Waals surface area (Å²) in [5.41, 5.74) is -0.0744.